The van der Waals surface area contributed by atoms with E-state index in [0.717, 1.165) is 39.0 Å². The number of hydrogen-bond acceptors (Lipinski definition) is 3. The Hall–Kier alpha value is -4.13. The van der Waals surface area contributed by atoms with E-state index in [0.29, 0.717) is 19.5 Å². The van der Waals surface area contributed by atoms with Gasteiger partial charge in [0, 0.05) is 29.9 Å². The van der Waals surface area contributed by atoms with Crippen molar-refractivity contribution in [1.82, 2.24) is 14.8 Å². The van der Waals surface area contributed by atoms with Crippen molar-refractivity contribution in [1.29, 1.82) is 0 Å². The lowest BCUT2D eigenvalue weighted by Gasteiger charge is -2.51. The number of piperazine rings is 1. The van der Waals surface area contributed by atoms with Crippen LogP contribution in [0.5, 0.6) is 5.75 Å². The quantitative estimate of drug-likeness (QED) is 0.439. The molecule has 1 saturated heterocycles. The molecule has 2 aliphatic heterocycles. The highest BCUT2D eigenvalue weighted by Crippen LogP contribution is 2.48. The maximum atomic E-state index is 14.1. The maximum Gasteiger partial charge on any atom is 0.254 e. The maximum absolute atomic E-state index is 14.1. The van der Waals surface area contributed by atoms with Crippen LogP contribution in [-0.2, 0) is 21.5 Å². The molecule has 1 aromatic heterocycles. The molecule has 188 valence electrons. The summed E-state index contributed by atoms with van der Waals surface area (Å²) in [6, 6.07) is 22.2. The smallest absolute Gasteiger partial charge is 0.254 e. The SMILES string of the molecule is COc1ccc(C2CN3C(=O)CN(CCc4ccc(F)cc4)C(=O)C3(C)c3[nH]c4ccccc4c32)cc1. The van der Waals surface area contributed by atoms with Gasteiger partial charge in [-0.25, -0.2) is 4.39 Å². The minimum Gasteiger partial charge on any atom is -0.497 e. The van der Waals surface area contributed by atoms with Gasteiger partial charge in [0.2, 0.25) is 5.91 Å². The zero-order chi connectivity index (χ0) is 25.7. The van der Waals surface area contributed by atoms with Crippen LogP contribution in [-0.4, -0.2) is 53.3 Å². The van der Waals surface area contributed by atoms with Gasteiger partial charge in [-0.05, 0) is 60.4 Å². The molecule has 0 saturated carbocycles. The van der Waals surface area contributed by atoms with Crippen LogP contribution in [0.3, 0.4) is 0 Å². The van der Waals surface area contributed by atoms with Crippen molar-refractivity contribution < 1.29 is 18.7 Å². The molecule has 0 radical (unpaired) electrons. The summed E-state index contributed by atoms with van der Waals surface area (Å²) in [6.07, 6.45) is 0.545. The molecule has 3 heterocycles. The molecule has 0 aliphatic carbocycles. The number of carbonyl (C=O) groups is 2. The van der Waals surface area contributed by atoms with E-state index >= 15 is 0 Å². The van der Waals surface area contributed by atoms with E-state index < -0.39 is 5.54 Å². The van der Waals surface area contributed by atoms with Crippen LogP contribution in [0.2, 0.25) is 0 Å². The summed E-state index contributed by atoms with van der Waals surface area (Å²) in [4.78, 5) is 34.6. The third kappa shape index (κ3) is 3.68. The van der Waals surface area contributed by atoms with E-state index in [9.17, 15) is 14.0 Å². The predicted octanol–water partition coefficient (Wildman–Crippen LogP) is 4.59. The Morgan fingerprint density at radius 2 is 1.76 bits per heavy atom. The number of halogens is 1. The van der Waals surface area contributed by atoms with Gasteiger partial charge in [0.25, 0.3) is 5.91 Å². The summed E-state index contributed by atoms with van der Waals surface area (Å²) in [7, 11) is 1.64. The third-order valence-electron chi connectivity index (χ3n) is 7.92. The average molecular weight is 498 g/mol. The number of nitrogens with one attached hydrogen (secondary N) is 1. The topological polar surface area (TPSA) is 65.6 Å². The summed E-state index contributed by atoms with van der Waals surface area (Å²) in [5.74, 6) is 0.201. The number of aromatic amines is 1. The highest BCUT2D eigenvalue weighted by Gasteiger charge is 2.56. The first kappa shape index (κ1) is 23.3. The molecule has 2 amide bonds. The Morgan fingerprint density at radius 3 is 2.49 bits per heavy atom. The molecule has 4 aromatic rings. The largest absolute Gasteiger partial charge is 0.497 e. The number of fused-ring (bicyclic) bond motifs is 5. The summed E-state index contributed by atoms with van der Waals surface area (Å²) < 4.78 is 18.7. The van der Waals surface area contributed by atoms with E-state index in [-0.39, 0.29) is 30.1 Å². The van der Waals surface area contributed by atoms with Gasteiger partial charge in [0.1, 0.15) is 11.6 Å². The highest BCUT2D eigenvalue weighted by molar-refractivity contribution is 6.01. The van der Waals surface area contributed by atoms with Gasteiger partial charge < -0.3 is 19.5 Å². The fraction of sp³-hybridized carbons (Fsp3) is 0.267. The Labute approximate surface area is 214 Å². The molecule has 2 aliphatic rings. The van der Waals surface area contributed by atoms with Crippen molar-refractivity contribution in [3.63, 3.8) is 0 Å². The number of hydrogen-bond donors (Lipinski definition) is 1. The first-order chi connectivity index (χ1) is 17.9. The number of H-pyrrole nitrogens is 1. The number of ether oxygens (including phenoxy) is 1. The third-order valence-corrected chi connectivity index (χ3v) is 7.92. The lowest BCUT2D eigenvalue weighted by Crippen LogP contribution is -2.67. The van der Waals surface area contributed by atoms with Gasteiger partial charge in [-0.1, -0.05) is 42.5 Å². The summed E-state index contributed by atoms with van der Waals surface area (Å²) in [6.45, 7) is 2.68. The van der Waals surface area contributed by atoms with Crippen molar-refractivity contribution in [2.75, 3.05) is 26.7 Å². The van der Waals surface area contributed by atoms with Gasteiger partial charge in [-0.2, -0.15) is 0 Å². The second kappa shape index (κ2) is 8.76. The monoisotopic (exact) mass is 497 g/mol. The van der Waals surface area contributed by atoms with Gasteiger partial charge >= 0.3 is 0 Å². The second-order valence-electron chi connectivity index (χ2n) is 9.96. The summed E-state index contributed by atoms with van der Waals surface area (Å²) in [5.41, 5.74) is 3.61. The predicted molar refractivity (Wildman–Crippen MR) is 139 cm³/mol. The minimum absolute atomic E-state index is 0.0283. The molecule has 6 nitrogen and oxygen atoms in total. The molecule has 7 heteroatoms. The van der Waals surface area contributed by atoms with Crippen LogP contribution < -0.4 is 4.74 Å². The van der Waals surface area contributed by atoms with Crippen LogP contribution in [0.1, 0.15) is 35.2 Å². The first-order valence-electron chi connectivity index (χ1n) is 12.5. The molecule has 1 fully saturated rings. The van der Waals surface area contributed by atoms with Crippen molar-refractivity contribution in [2.24, 2.45) is 0 Å². The Bertz CT molecular complexity index is 1500. The Morgan fingerprint density at radius 1 is 1.03 bits per heavy atom. The van der Waals surface area contributed by atoms with Crippen LogP contribution in [0, 0.1) is 5.82 Å². The first-order valence-corrected chi connectivity index (χ1v) is 12.5. The number of aromatic nitrogens is 1. The van der Waals surface area contributed by atoms with Crippen LogP contribution in [0.4, 0.5) is 4.39 Å². The minimum atomic E-state index is -1.14. The second-order valence-corrected chi connectivity index (χ2v) is 9.96. The number of nitrogens with zero attached hydrogens (tertiary/aromatic N) is 2. The number of methoxy groups -OCH3 is 1. The molecule has 0 bridgehead atoms. The standard InChI is InChI=1S/C30H28FN3O3/c1-30-28-27(23-5-3-4-6-25(23)32-28)24(20-9-13-22(37-2)14-10-20)17-34(30)26(35)18-33(29(30)36)16-15-19-7-11-21(31)12-8-19/h3-14,24,32H,15-18H2,1-2H3. The normalized spacial score (nSPS) is 21.2. The zero-order valence-electron chi connectivity index (χ0n) is 20.8. The Kier molecular flexibility index (Phi) is 5.51. The van der Waals surface area contributed by atoms with Crippen LogP contribution >= 0.6 is 0 Å². The van der Waals surface area contributed by atoms with E-state index in [1.807, 2.05) is 49.4 Å². The molecular formula is C30H28FN3O3. The van der Waals surface area contributed by atoms with Crippen molar-refractivity contribution in [2.45, 2.75) is 24.8 Å². The molecule has 2 atom stereocenters. The van der Waals surface area contributed by atoms with Crippen molar-refractivity contribution in [3.8, 4) is 5.75 Å². The highest BCUT2D eigenvalue weighted by atomic mass is 19.1. The van der Waals surface area contributed by atoms with E-state index in [1.165, 1.54) is 12.1 Å². The molecule has 6 rings (SSSR count). The summed E-state index contributed by atoms with van der Waals surface area (Å²) in [5, 5.41) is 1.06. The molecule has 37 heavy (non-hydrogen) atoms. The number of rotatable bonds is 5. The van der Waals surface area contributed by atoms with Crippen molar-refractivity contribution in [3.05, 3.63) is 101 Å². The van der Waals surface area contributed by atoms with Crippen molar-refractivity contribution >= 4 is 22.7 Å². The van der Waals surface area contributed by atoms with E-state index in [1.54, 1.807) is 29.0 Å². The zero-order valence-corrected chi connectivity index (χ0v) is 20.8. The number of benzene rings is 3. The molecule has 2 unspecified atom stereocenters. The summed E-state index contributed by atoms with van der Waals surface area (Å²) >= 11 is 0. The Balaban J connectivity index is 1.42. The van der Waals surface area contributed by atoms with Gasteiger partial charge in [-0.3, -0.25) is 9.59 Å². The van der Waals surface area contributed by atoms with Gasteiger partial charge in [0.05, 0.1) is 19.3 Å². The van der Waals surface area contributed by atoms with E-state index in [4.69, 9.17) is 4.74 Å². The fourth-order valence-electron chi connectivity index (χ4n) is 5.91. The van der Waals surface area contributed by atoms with E-state index in [2.05, 4.69) is 11.1 Å². The average Bonchev–Trinajstić information content (AvgIpc) is 3.32. The fourth-order valence-corrected chi connectivity index (χ4v) is 5.91. The van der Waals surface area contributed by atoms with Crippen LogP contribution in [0.25, 0.3) is 10.9 Å². The molecule has 1 N–H and O–H groups in total. The van der Waals surface area contributed by atoms with Gasteiger partial charge in [-0.15, -0.1) is 0 Å². The molecule has 3 aromatic carbocycles. The molecular weight excluding hydrogens is 469 g/mol. The number of amides is 2. The number of para-hydroxylation sites is 1. The van der Waals surface area contributed by atoms with Gasteiger partial charge in [0.15, 0.2) is 5.54 Å². The lowest BCUT2D eigenvalue weighted by atomic mass is 9.76. The number of carbonyl (C=O) groups excluding carboxylic acids is 2. The van der Waals surface area contributed by atoms with Crippen LogP contribution in [0.15, 0.2) is 72.8 Å². The molecule has 0 spiro atoms. The lowest BCUT2D eigenvalue weighted by molar-refractivity contribution is -0.166.